The minimum absolute atomic E-state index is 0.530. The Kier molecular flexibility index (Phi) is 4.04. The van der Waals surface area contributed by atoms with Gasteiger partial charge in [0.1, 0.15) is 11.5 Å². The Labute approximate surface area is 116 Å². The van der Waals surface area contributed by atoms with E-state index in [0.29, 0.717) is 6.54 Å². The van der Waals surface area contributed by atoms with Crippen molar-refractivity contribution in [2.45, 2.75) is 20.4 Å². The van der Waals surface area contributed by atoms with Crippen LogP contribution in [0.5, 0.6) is 11.5 Å². The van der Waals surface area contributed by atoms with E-state index in [4.69, 9.17) is 10.5 Å². The standard InChI is InChI=1S/C15H16BrNO/c1-10-3-5-14(11(2)7-10)18-15-6-4-12(9-17)8-13(15)16/h3-8H,9,17H2,1-2H3. The van der Waals surface area contributed by atoms with Crippen molar-refractivity contribution >= 4 is 15.9 Å². The lowest BCUT2D eigenvalue weighted by Gasteiger charge is -2.11. The molecular weight excluding hydrogens is 290 g/mol. The fourth-order valence-electron chi connectivity index (χ4n) is 1.79. The third kappa shape index (κ3) is 2.92. The van der Waals surface area contributed by atoms with Gasteiger partial charge in [-0.2, -0.15) is 0 Å². The van der Waals surface area contributed by atoms with Gasteiger partial charge in [-0.25, -0.2) is 0 Å². The number of halogens is 1. The molecule has 0 saturated carbocycles. The first-order chi connectivity index (χ1) is 8.60. The van der Waals surface area contributed by atoms with Gasteiger partial charge >= 0.3 is 0 Å². The number of hydrogen-bond donors (Lipinski definition) is 1. The maximum atomic E-state index is 5.91. The summed E-state index contributed by atoms with van der Waals surface area (Å²) in [6.45, 7) is 4.65. The van der Waals surface area contributed by atoms with Gasteiger partial charge in [-0.15, -0.1) is 0 Å². The number of benzene rings is 2. The molecule has 0 aliphatic rings. The molecule has 0 radical (unpaired) electrons. The van der Waals surface area contributed by atoms with Crippen molar-refractivity contribution in [3.63, 3.8) is 0 Å². The number of ether oxygens (including phenoxy) is 1. The first-order valence-corrected chi connectivity index (χ1v) is 6.63. The molecule has 2 rings (SSSR count). The van der Waals surface area contributed by atoms with Crippen LogP contribution in [-0.2, 0) is 6.54 Å². The monoisotopic (exact) mass is 305 g/mol. The number of hydrogen-bond acceptors (Lipinski definition) is 2. The van der Waals surface area contributed by atoms with Crippen molar-refractivity contribution in [1.82, 2.24) is 0 Å². The molecule has 2 nitrogen and oxygen atoms in total. The van der Waals surface area contributed by atoms with Crippen LogP contribution in [-0.4, -0.2) is 0 Å². The van der Waals surface area contributed by atoms with Crippen LogP contribution < -0.4 is 10.5 Å². The van der Waals surface area contributed by atoms with Crippen LogP contribution in [0.3, 0.4) is 0 Å². The van der Waals surface area contributed by atoms with Crippen LogP contribution >= 0.6 is 15.9 Å². The molecule has 2 aromatic carbocycles. The molecule has 0 aliphatic heterocycles. The van der Waals surface area contributed by atoms with E-state index >= 15 is 0 Å². The maximum absolute atomic E-state index is 5.91. The molecule has 94 valence electrons. The number of nitrogens with two attached hydrogens (primary N) is 1. The first-order valence-electron chi connectivity index (χ1n) is 5.84. The molecule has 18 heavy (non-hydrogen) atoms. The summed E-state index contributed by atoms with van der Waals surface area (Å²) in [5.74, 6) is 1.68. The van der Waals surface area contributed by atoms with Gasteiger partial charge in [0.2, 0.25) is 0 Å². The predicted octanol–water partition coefficient (Wildman–Crippen LogP) is 4.32. The highest BCUT2D eigenvalue weighted by Gasteiger charge is 2.06. The van der Waals surface area contributed by atoms with Gasteiger partial charge in [-0.05, 0) is 59.1 Å². The first kappa shape index (κ1) is 13.1. The van der Waals surface area contributed by atoms with Crippen molar-refractivity contribution in [2.24, 2.45) is 5.73 Å². The minimum Gasteiger partial charge on any atom is -0.456 e. The van der Waals surface area contributed by atoms with E-state index in [2.05, 4.69) is 28.9 Å². The quantitative estimate of drug-likeness (QED) is 0.916. The van der Waals surface area contributed by atoms with Crippen LogP contribution in [0.2, 0.25) is 0 Å². The minimum atomic E-state index is 0.530. The van der Waals surface area contributed by atoms with E-state index in [1.165, 1.54) is 5.56 Å². The van der Waals surface area contributed by atoms with E-state index in [0.717, 1.165) is 27.1 Å². The van der Waals surface area contributed by atoms with Crippen LogP contribution in [0.1, 0.15) is 16.7 Å². The summed E-state index contributed by atoms with van der Waals surface area (Å²) in [7, 11) is 0. The fraction of sp³-hybridized carbons (Fsp3) is 0.200. The number of aryl methyl sites for hydroxylation is 2. The highest BCUT2D eigenvalue weighted by atomic mass is 79.9. The average molecular weight is 306 g/mol. The molecule has 0 spiro atoms. The zero-order chi connectivity index (χ0) is 13.1. The molecular formula is C15H16BrNO. The lowest BCUT2D eigenvalue weighted by Crippen LogP contribution is -1.96. The molecule has 0 aromatic heterocycles. The molecule has 0 unspecified atom stereocenters. The van der Waals surface area contributed by atoms with E-state index < -0.39 is 0 Å². The Morgan fingerprint density at radius 1 is 1.06 bits per heavy atom. The van der Waals surface area contributed by atoms with Crippen molar-refractivity contribution in [3.8, 4) is 11.5 Å². The summed E-state index contributed by atoms with van der Waals surface area (Å²) in [6, 6.07) is 12.0. The second kappa shape index (κ2) is 5.55. The van der Waals surface area contributed by atoms with E-state index in [1.807, 2.05) is 37.3 Å². The summed E-state index contributed by atoms with van der Waals surface area (Å²) in [4.78, 5) is 0. The van der Waals surface area contributed by atoms with E-state index in [-0.39, 0.29) is 0 Å². The van der Waals surface area contributed by atoms with Gasteiger partial charge in [0.15, 0.2) is 0 Å². The summed E-state index contributed by atoms with van der Waals surface area (Å²) in [5, 5.41) is 0. The Hall–Kier alpha value is -1.32. The van der Waals surface area contributed by atoms with E-state index in [9.17, 15) is 0 Å². The summed E-state index contributed by atoms with van der Waals surface area (Å²) in [6.07, 6.45) is 0. The molecule has 0 fully saturated rings. The molecule has 2 N–H and O–H groups in total. The molecule has 0 heterocycles. The fourth-order valence-corrected chi connectivity index (χ4v) is 2.29. The van der Waals surface area contributed by atoms with Crippen LogP contribution in [0.4, 0.5) is 0 Å². The average Bonchev–Trinajstić information content (AvgIpc) is 2.34. The zero-order valence-electron chi connectivity index (χ0n) is 10.5. The summed E-state index contributed by atoms with van der Waals surface area (Å²) < 4.78 is 6.83. The molecule has 0 amide bonds. The number of rotatable bonds is 3. The molecule has 0 saturated heterocycles. The lowest BCUT2D eigenvalue weighted by atomic mass is 10.1. The molecule has 0 aliphatic carbocycles. The summed E-state index contributed by atoms with van der Waals surface area (Å²) in [5.41, 5.74) is 9.04. The van der Waals surface area contributed by atoms with Gasteiger partial charge in [0.05, 0.1) is 4.47 Å². The molecule has 3 heteroatoms. The molecule has 2 aromatic rings. The smallest absolute Gasteiger partial charge is 0.141 e. The van der Waals surface area contributed by atoms with Crippen LogP contribution in [0, 0.1) is 13.8 Å². The Bertz CT molecular complexity index is 566. The third-order valence-corrected chi connectivity index (χ3v) is 3.40. The SMILES string of the molecule is Cc1ccc(Oc2ccc(CN)cc2Br)c(C)c1. The van der Waals surface area contributed by atoms with Crippen LogP contribution in [0.25, 0.3) is 0 Å². The van der Waals surface area contributed by atoms with Gasteiger partial charge in [0, 0.05) is 6.54 Å². The third-order valence-electron chi connectivity index (χ3n) is 2.78. The maximum Gasteiger partial charge on any atom is 0.141 e. The molecule has 0 bridgehead atoms. The largest absolute Gasteiger partial charge is 0.456 e. The summed E-state index contributed by atoms with van der Waals surface area (Å²) >= 11 is 3.50. The second-order valence-corrected chi connectivity index (χ2v) is 5.19. The van der Waals surface area contributed by atoms with Gasteiger partial charge in [-0.1, -0.05) is 23.8 Å². The van der Waals surface area contributed by atoms with Crippen molar-refractivity contribution in [1.29, 1.82) is 0 Å². The topological polar surface area (TPSA) is 35.2 Å². The van der Waals surface area contributed by atoms with Gasteiger partial charge in [-0.3, -0.25) is 0 Å². The normalized spacial score (nSPS) is 10.4. The second-order valence-electron chi connectivity index (χ2n) is 4.34. The van der Waals surface area contributed by atoms with Crippen molar-refractivity contribution < 1.29 is 4.74 Å². The van der Waals surface area contributed by atoms with Crippen molar-refractivity contribution in [2.75, 3.05) is 0 Å². The Morgan fingerprint density at radius 3 is 2.39 bits per heavy atom. The lowest BCUT2D eigenvalue weighted by molar-refractivity contribution is 0.475. The highest BCUT2D eigenvalue weighted by Crippen LogP contribution is 2.32. The van der Waals surface area contributed by atoms with Crippen molar-refractivity contribution in [3.05, 3.63) is 57.6 Å². The van der Waals surface area contributed by atoms with Gasteiger partial charge < -0.3 is 10.5 Å². The highest BCUT2D eigenvalue weighted by molar-refractivity contribution is 9.10. The van der Waals surface area contributed by atoms with Crippen LogP contribution in [0.15, 0.2) is 40.9 Å². The van der Waals surface area contributed by atoms with E-state index in [1.54, 1.807) is 0 Å². The molecule has 0 atom stereocenters. The van der Waals surface area contributed by atoms with Gasteiger partial charge in [0.25, 0.3) is 0 Å². The predicted molar refractivity (Wildman–Crippen MR) is 78.0 cm³/mol. The Balaban J connectivity index is 2.28. The Morgan fingerprint density at radius 2 is 1.78 bits per heavy atom. The zero-order valence-corrected chi connectivity index (χ0v) is 12.1.